The van der Waals surface area contributed by atoms with Crippen LogP contribution in [0.15, 0.2) is 36.4 Å². The Bertz CT molecular complexity index is 608. The zero-order valence-electron chi connectivity index (χ0n) is 12.9. The third-order valence-corrected chi connectivity index (χ3v) is 3.69. The Balaban J connectivity index is 1.78. The number of rotatable bonds is 7. The van der Waals surface area contributed by atoms with Gasteiger partial charge in [0.25, 0.3) is 5.91 Å². The molecule has 3 amide bonds. The van der Waals surface area contributed by atoms with Crippen molar-refractivity contribution in [2.45, 2.75) is 25.8 Å². The molecule has 0 aromatic heterocycles. The summed E-state index contributed by atoms with van der Waals surface area (Å²) in [7, 11) is 0. The molecule has 122 valence electrons. The summed E-state index contributed by atoms with van der Waals surface area (Å²) in [5.41, 5.74) is 6.32. The van der Waals surface area contributed by atoms with Gasteiger partial charge >= 0.3 is 0 Å². The van der Waals surface area contributed by atoms with Crippen LogP contribution in [0.2, 0.25) is 0 Å². The van der Waals surface area contributed by atoms with Gasteiger partial charge in [0.05, 0.1) is 6.54 Å². The van der Waals surface area contributed by atoms with E-state index in [1.54, 1.807) is 24.3 Å². The van der Waals surface area contributed by atoms with E-state index in [9.17, 15) is 14.4 Å². The van der Waals surface area contributed by atoms with Crippen molar-refractivity contribution in [3.63, 3.8) is 0 Å². The summed E-state index contributed by atoms with van der Waals surface area (Å²) in [6.45, 7) is 0.241. The van der Waals surface area contributed by atoms with E-state index in [-0.39, 0.29) is 18.4 Å². The number of carbonyl (C=O) groups excluding carboxylic acids is 3. The van der Waals surface area contributed by atoms with Crippen LogP contribution in [0.4, 0.5) is 0 Å². The largest absolute Gasteiger partial charge is 0.368 e. The number of benzene rings is 1. The van der Waals surface area contributed by atoms with E-state index < -0.39 is 5.91 Å². The minimum Gasteiger partial charge on any atom is -0.368 e. The molecular formula is C17H21N3O3. The van der Waals surface area contributed by atoms with Gasteiger partial charge in [-0.25, -0.2) is 0 Å². The Labute approximate surface area is 135 Å². The summed E-state index contributed by atoms with van der Waals surface area (Å²) in [4.78, 5) is 34.2. The van der Waals surface area contributed by atoms with Crippen LogP contribution < -0.4 is 16.4 Å². The first-order valence-electron chi connectivity index (χ1n) is 7.63. The third-order valence-electron chi connectivity index (χ3n) is 3.69. The Hall–Kier alpha value is -2.63. The van der Waals surface area contributed by atoms with Crippen molar-refractivity contribution >= 4 is 17.7 Å². The second-order valence-corrected chi connectivity index (χ2v) is 5.59. The van der Waals surface area contributed by atoms with Crippen LogP contribution >= 0.6 is 0 Å². The minimum absolute atomic E-state index is 0.0322. The van der Waals surface area contributed by atoms with Crippen LogP contribution in [0.3, 0.4) is 0 Å². The Morgan fingerprint density at radius 3 is 2.48 bits per heavy atom. The lowest BCUT2D eigenvalue weighted by Gasteiger charge is -2.09. The van der Waals surface area contributed by atoms with Crippen LogP contribution in [0.25, 0.3) is 0 Å². The summed E-state index contributed by atoms with van der Waals surface area (Å²) in [5.74, 6) is -0.557. The number of nitrogens with one attached hydrogen (secondary N) is 2. The van der Waals surface area contributed by atoms with Crippen LogP contribution in [0.1, 0.15) is 35.2 Å². The normalized spacial score (nSPS) is 16.1. The summed E-state index contributed by atoms with van der Waals surface area (Å²) in [6.07, 6.45) is 6.82. The number of amides is 3. The molecule has 6 nitrogen and oxygen atoms in total. The minimum atomic E-state index is -0.588. The maximum Gasteiger partial charge on any atom is 0.251 e. The quantitative estimate of drug-likeness (QED) is 0.651. The maximum absolute atomic E-state index is 11.8. The fourth-order valence-corrected chi connectivity index (χ4v) is 2.42. The molecule has 1 aromatic rings. The molecule has 1 aliphatic rings. The van der Waals surface area contributed by atoms with Crippen LogP contribution in [-0.2, 0) is 16.1 Å². The molecule has 1 aliphatic carbocycles. The number of nitrogens with two attached hydrogens (primary N) is 1. The number of carbonyl (C=O) groups is 3. The Kier molecular flexibility index (Phi) is 5.91. The molecular weight excluding hydrogens is 294 g/mol. The van der Waals surface area contributed by atoms with E-state index in [2.05, 4.69) is 22.8 Å². The first kappa shape index (κ1) is 16.7. The molecule has 0 aliphatic heterocycles. The van der Waals surface area contributed by atoms with Gasteiger partial charge in [-0.3, -0.25) is 14.4 Å². The van der Waals surface area contributed by atoms with Gasteiger partial charge < -0.3 is 16.4 Å². The SMILES string of the molecule is NC(=O)CNC(=O)c1ccc(CNC(=O)CC2C=CCC2)cc1. The van der Waals surface area contributed by atoms with Gasteiger partial charge in [0.15, 0.2) is 0 Å². The van der Waals surface area contributed by atoms with Gasteiger partial charge in [0.1, 0.15) is 0 Å². The molecule has 1 aromatic carbocycles. The third kappa shape index (κ3) is 5.58. The molecule has 0 heterocycles. The fraction of sp³-hybridized carbons (Fsp3) is 0.353. The van der Waals surface area contributed by atoms with E-state index in [0.29, 0.717) is 24.4 Å². The smallest absolute Gasteiger partial charge is 0.251 e. The van der Waals surface area contributed by atoms with Crippen LogP contribution in [-0.4, -0.2) is 24.3 Å². The summed E-state index contributed by atoms with van der Waals surface area (Å²) < 4.78 is 0. The average Bonchev–Trinajstić information content (AvgIpc) is 3.04. The van der Waals surface area contributed by atoms with Crippen LogP contribution in [0, 0.1) is 5.92 Å². The zero-order chi connectivity index (χ0) is 16.7. The van der Waals surface area contributed by atoms with Crippen molar-refractivity contribution in [2.24, 2.45) is 11.7 Å². The summed E-state index contributed by atoms with van der Waals surface area (Å²) >= 11 is 0. The predicted molar refractivity (Wildman–Crippen MR) is 86.3 cm³/mol. The molecule has 6 heteroatoms. The topological polar surface area (TPSA) is 101 Å². The Morgan fingerprint density at radius 1 is 1.13 bits per heavy atom. The van der Waals surface area contributed by atoms with Gasteiger partial charge in [0.2, 0.25) is 11.8 Å². The molecule has 2 rings (SSSR count). The molecule has 0 fully saturated rings. The van der Waals surface area contributed by atoms with E-state index in [1.165, 1.54) is 0 Å². The standard InChI is InChI=1S/C17H21N3O3/c18-15(21)11-20-17(23)14-7-5-13(6-8-14)10-19-16(22)9-12-3-1-2-4-12/h1,3,5-8,12H,2,4,9-11H2,(H2,18,21)(H,19,22)(H,20,23). The van der Waals surface area contributed by atoms with E-state index in [0.717, 1.165) is 18.4 Å². The highest BCUT2D eigenvalue weighted by atomic mass is 16.2. The van der Waals surface area contributed by atoms with Crippen molar-refractivity contribution in [1.29, 1.82) is 0 Å². The molecule has 23 heavy (non-hydrogen) atoms. The lowest BCUT2D eigenvalue weighted by molar-refractivity contribution is -0.122. The average molecular weight is 315 g/mol. The molecule has 0 saturated heterocycles. The molecule has 0 bridgehead atoms. The van der Waals surface area contributed by atoms with Crippen molar-refractivity contribution in [1.82, 2.24) is 10.6 Å². The summed E-state index contributed by atoms with van der Waals surface area (Å²) in [5, 5.41) is 5.30. The highest BCUT2D eigenvalue weighted by Gasteiger charge is 2.13. The monoisotopic (exact) mass is 315 g/mol. The van der Waals surface area contributed by atoms with E-state index >= 15 is 0 Å². The zero-order valence-corrected chi connectivity index (χ0v) is 12.9. The number of allylic oxidation sites excluding steroid dienone is 2. The number of hydrogen-bond donors (Lipinski definition) is 3. The Morgan fingerprint density at radius 2 is 1.87 bits per heavy atom. The first-order chi connectivity index (χ1) is 11.0. The first-order valence-corrected chi connectivity index (χ1v) is 7.63. The molecule has 0 spiro atoms. The van der Waals surface area contributed by atoms with Gasteiger partial charge in [-0.1, -0.05) is 24.3 Å². The van der Waals surface area contributed by atoms with Crippen LogP contribution in [0.5, 0.6) is 0 Å². The molecule has 1 unspecified atom stereocenters. The highest BCUT2D eigenvalue weighted by molar-refractivity contribution is 5.96. The van der Waals surface area contributed by atoms with Gasteiger partial charge in [-0.05, 0) is 36.5 Å². The molecule has 0 saturated carbocycles. The maximum atomic E-state index is 11.8. The summed E-state index contributed by atoms with van der Waals surface area (Å²) in [6, 6.07) is 6.85. The second-order valence-electron chi connectivity index (χ2n) is 5.59. The lowest BCUT2D eigenvalue weighted by atomic mass is 10.0. The van der Waals surface area contributed by atoms with Crippen molar-refractivity contribution in [2.75, 3.05) is 6.54 Å². The lowest BCUT2D eigenvalue weighted by Crippen LogP contribution is -2.33. The second kappa shape index (κ2) is 8.12. The van der Waals surface area contributed by atoms with Crippen molar-refractivity contribution in [3.8, 4) is 0 Å². The van der Waals surface area contributed by atoms with Gasteiger partial charge in [-0.2, -0.15) is 0 Å². The number of hydrogen-bond acceptors (Lipinski definition) is 3. The highest BCUT2D eigenvalue weighted by Crippen LogP contribution is 2.20. The van der Waals surface area contributed by atoms with Gasteiger partial charge in [-0.15, -0.1) is 0 Å². The molecule has 0 radical (unpaired) electrons. The van der Waals surface area contributed by atoms with Crippen molar-refractivity contribution < 1.29 is 14.4 Å². The van der Waals surface area contributed by atoms with E-state index in [4.69, 9.17) is 5.73 Å². The molecule has 4 N–H and O–H groups in total. The fourth-order valence-electron chi connectivity index (χ4n) is 2.42. The van der Waals surface area contributed by atoms with Gasteiger partial charge in [0, 0.05) is 18.5 Å². The molecule has 1 atom stereocenters. The predicted octanol–water partition coefficient (Wildman–Crippen LogP) is 0.874. The van der Waals surface area contributed by atoms with Crippen molar-refractivity contribution in [3.05, 3.63) is 47.5 Å². The van der Waals surface area contributed by atoms with E-state index in [1.807, 2.05) is 0 Å². The number of primary amides is 1.